The van der Waals surface area contributed by atoms with Gasteiger partial charge in [-0.3, -0.25) is 4.79 Å². The van der Waals surface area contributed by atoms with E-state index in [0.717, 1.165) is 12.8 Å². The lowest BCUT2D eigenvalue weighted by molar-refractivity contribution is -0.139. The fourth-order valence-corrected chi connectivity index (χ4v) is 2.04. The summed E-state index contributed by atoms with van der Waals surface area (Å²) in [5, 5.41) is 11.3. The maximum Gasteiger partial charge on any atom is 0.326 e. The van der Waals surface area contributed by atoms with Gasteiger partial charge < -0.3 is 21.1 Å². The predicted octanol–water partition coefficient (Wildman–Crippen LogP) is -0.101. The number of nitrogens with two attached hydrogens (primary N) is 1. The van der Waals surface area contributed by atoms with Crippen LogP contribution in [0.5, 0.6) is 0 Å². The minimum atomic E-state index is -1.08. The van der Waals surface area contributed by atoms with Gasteiger partial charge in [0.25, 0.3) is 0 Å². The Morgan fingerprint density at radius 2 is 2.11 bits per heavy atom. The minimum Gasteiger partial charge on any atom is -0.480 e. The van der Waals surface area contributed by atoms with Crippen LogP contribution in [-0.4, -0.2) is 46.5 Å². The number of amides is 3. The molecule has 0 saturated carbocycles. The monoisotopic (exact) mass is 257 g/mol. The Kier molecular flexibility index (Phi) is 4.94. The second-order valence-corrected chi connectivity index (χ2v) is 4.36. The van der Waals surface area contributed by atoms with Gasteiger partial charge in [0, 0.05) is 6.54 Å². The van der Waals surface area contributed by atoms with Gasteiger partial charge in [0.2, 0.25) is 5.91 Å². The van der Waals surface area contributed by atoms with Crippen LogP contribution in [0, 0.1) is 0 Å². The SMILES string of the molecule is CCC(NC(=O)N1CCCCC1C(N)=O)C(=O)O. The van der Waals surface area contributed by atoms with Crippen LogP contribution in [0.2, 0.25) is 0 Å². The average molecular weight is 257 g/mol. The molecule has 1 heterocycles. The van der Waals surface area contributed by atoms with Crippen LogP contribution in [0.15, 0.2) is 0 Å². The van der Waals surface area contributed by atoms with Crippen molar-refractivity contribution in [2.24, 2.45) is 5.73 Å². The number of primary amides is 1. The first-order valence-electron chi connectivity index (χ1n) is 6.06. The van der Waals surface area contributed by atoms with Gasteiger partial charge in [-0.05, 0) is 25.7 Å². The number of piperidine rings is 1. The molecule has 0 spiro atoms. The van der Waals surface area contributed by atoms with Crippen LogP contribution in [0.3, 0.4) is 0 Å². The van der Waals surface area contributed by atoms with Gasteiger partial charge in [-0.15, -0.1) is 0 Å². The maximum atomic E-state index is 11.9. The number of nitrogens with one attached hydrogen (secondary N) is 1. The van der Waals surface area contributed by atoms with E-state index in [1.165, 1.54) is 4.90 Å². The van der Waals surface area contributed by atoms with Crippen LogP contribution < -0.4 is 11.1 Å². The van der Waals surface area contributed by atoms with Crippen molar-refractivity contribution < 1.29 is 19.5 Å². The van der Waals surface area contributed by atoms with Crippen LogP contribution >= 0.6 is 0 Å². The Balaban J connectivity index is 2.68. The highest BCUT2D eigenvalue weighted by Gasteiger charge is 2.32. The summed E-state index contributed by atoms with van der Waals surface area (Å²) >= 11 is 0. The molecule has 2 unspecified atom stereocenters. The lowest BCUT2D eigenvalue weighted by Gasteiger charge is -2.34. The first-order chi connectivity index (χ1) is 8.47. The molecule has 0 radical (unpaired) electrons. The smallest absolute Gasteiger partial charge is 0.326 e. The van der Waals surface area contributed by atoms with Crippen molar-refractivity contribution in [2.75, 3.05) is 6.54 Å². The van der Waals surface area contributed by atoms with E-state index in [2.05, 4.69) is 5.32 Å². The molecule has 4 N–H and O–H groups in total. The van der Waals surface area contributed by atoms with Gasteiger partial charge >= 0.3 is 12.0 Å². The number of carboxylic acids is 1. The lowest BCUT2D eigenvalue weighted by atomic mass is 10.0. The summed E-state index contributed by atoms with van der Waals surface area (Å²) in [6.45, 7) is 2.09. The van der Waals surface area contributed by atoms with E-state index in [9.17, 15) is 14.4 Å². The van der Waals surface area contributed by atoms with E-state index in [4.69, 9.17) is 10.8 Å². The van der Waals surface area contributed by atoms with Crippen LogP contribution in [0.1, 0.15) is 32.6 Å². The topological polar surface area (TPSA) is 113 Å². The first-order valence-corrected chi connectivity index (χ1v) is 6.06. The van der Waals surface area contributed by atoms with Gasteiger partial charge in [-0.1, -0.05) is 6.92 Å². The van der Waals surface area contributed by atoms with Crippen LogP contribution in [0.25, 0.3) is 0 Å². The summed E-state index contributed by atoms with van der Waals surface area (Å²) in [5.74, 6) is -1.63. The molecule has 7 nitrogen and oxygen atoms in total. The van der Waals surface area contributed by atoms with E-state index in [0.29, 0.717) is 13.0 Å². The zero-order valence-electron chi connectivity index (χ0n) is 10.4. The summed E-state index contributed by atoms with van der Waals surface area (Å²) in [4.78, 5) is 35.3. The van der Waals surface area contributed by atoms with Gasteiger partial charge in [-0.2, -0.15) is 0 Å². The van der Waals surface area contributed by atoms with Crippen molar-refractivity contribution in [3.63, 3.8) is 0 Å². The third kappa shape index (κ3) is 3.35. The summed E-state index contributed by atoms with van der Waals surface area (Å²) < 4.78 is 0. The molecule has 0 aliphatic carbocycles. The van der Waals surface area contributed by atoms with Gasteiger partial charge in [0.1, 0.15) is 12.1 Å². The number of hydrogen-bond donors (Lipinski definition) is 3. The summed E-state index contributed by atoms with van der Waals surface area (Å²) in [6, 6.07) is -2.11. The van der Waals surface area contributed by atoms with E-state index in [1.807, 2.05) is 0 Å². The largest absolute Gasteiger partial charge is 0.480 e. The van der Waals surface area contributed by atoms with Crippen molar-refractivity contribution in [3.8, 4) is 0 Å². The molecule has 102 valence electrons. The molecular formula is C11H19N3O4. The molecule has 1 aliphatic rings. The standard InChI is InChI=1S/C11H19N3O4/c1-2-7(10(16)17)13-11(18)14-6-4-3-5-8(14)9(12)15/h7-8H,2-6H2,1H3,(H2,12,15)(H,13,18)(H,16,17). The van der Waals surface area contributed by atoms with Crippen molar-refractivity contribution in [1.29, 1.82) is 0 Å². The van der Waals surface area contributed by atoms with Crippen molar-refractivity contribution in [3.05, 3.63) is 0 Å². The van der Waals surface area contributed by atoms with E-state index in [1.54, 1.807) is 6.92 Å². The highest BCUT2D eigenvalue weighted by Crippen LogP contribution is 2.16. The molecule has 0 bridgehead atoms. The van der Waals surface area contributed by atoms with Gasteiger partial charge in [0.05, 0.1) is 0 Å². The molecule has 7 heteroatoms. The fourth-order valence-electron chi connectivity index (χ4n) is 2.04. The maximum absolute atomic E-state index is 11.9. The highest BCUT2D eigenvalue weighted by atomic mass is 16.4. The highest BCUT2D eigenvalue weighted by molar-refractivity contribution is 5.88. The summed E-state index contributed by atoms with van der Waals surface area (Å²) in [5.41, 5.74) is 5.24. The molecule has 0 aromatic rings. The van der Waals surface area contributed by atoms with Crippen LogP contribution in [-0.2, 0) is 9.59 Å². The summed E-state index contributed by atoms with van der Waals surface area (Å²) in [6.07, 6.45) is 2.46. The number of carbonyl (C=O) groups excluding carboxylic acids is 2. The third-order valence-corrected chi connectivity index (χ3v) is 3.10. The molecule has 2 atom stereocenters. The Labute approximate surface area is 105 Å². The van der Waals surface area contributed by atoms with E-state index < -0.39 is 30.0 Å². The molecule has 1 saturated heterocycles. The number of urea groups is 1. The minimum absolute atomic E-state index is 0.288. The van der Waals surface area contributed by atoms with Gasteiger partial charge in [-0.25, -0.2) is 9.59 Å². The molecule has 0 aromatic heterocycles. The van der Waals surface area contributed by atoms with Crippen molar-refractivity contribution in [1.82, 2.24) is 10.2 Å². The molecule has 1 aliphatic heterocycles. The molecule has 1 rings (SSSR count). The van der Waals surface area contributed by atoms with Crippen molar-refractivity contribution in [2.45, 2.75) is 44.7 Å². The quantitative estimate of drug-likeness (QED) is 0.652. The number of aliphatic carboxylic acids is 1. The Bertz CT molecular complexity index is 345. The predicted molar refractivity (Wildman–Crippen MR) is 63.8 cm³/mol. The summed E-state index contributed by atoms with van der Waals surface area (Å²) in [7, 11) is 0. The number of carbonyl (C=O) groups is 3. The number of likely N-dealkylation sites (tertiary alicyclic amines) is 1. The normalized spacial score (nSPS) is 21.2. The zero-order valence-corrected chi connectivity index (χ0v) is 10.4. The Morgan fingerprint density at radius 3 is 2.61 bits per heavy atom. The zero-order chi connectivity index (χ0) is 13.7. The molecule has 1 fully saturated rings. The second kappa shape index (κ2) is 6.23. The molecule has 3 amide bonds. The van der Waals surface area contributed by atoms with E-state index >= 15 is 0 Å². The average Bonchev–Trinajstić information content (AvgIpc) is 2.35. The molecule has 18 heavy (non-hydrogen) atoms. The molecule has 0 aromatic carbocycles. The van der Waals surface area contributed by atoms with E-state index in [-0.39, 0.29) is 6.42 Å². The van der Waals surface area contributed by atoms with Crippen molar-refractivity contribution >= 4 is 17.9 Å². The van der Waals surface area contributed by atoms with Gasteiger partial charge in [0.15, 0.2) is 0 Å². The van der Waals surface area contributed by atoms with Crippen LogP contribution in [0.4, 0.5) is 4.79 Å². The Hall–Kier alpha value is -1.79. The molecular weight excluding hydrogens is 238 g/mol. The lowest BCUT2D eigenvalue weighted by Crippen LogP contribution is -2.56. The Morgan fingerprint density at radius 1 is 1.44 bits per heavy atom. The fraction of sp³-hybridized carbons (Fsp3) is 0.727. The number of nitrogens with zero attached hydrogens (tertiary/aromatic N) is 1. The number of hydrogen-bond acceptors (Lipinski definition) is 3. The second-order valence-electron chi connectivity index (χ2n) is 4.36. The number of rotatable bonds is 4. The third-order valence-electron chi connectivity index (χ3n) is 3.10. The number of carboxylic acid groups (broad SMARTS) is 1. The first kappa shape index (κ1) is 14.3.